The third-order valence-corrected chi connectivity index (χ3v) is 5.90. The molecule has 2 atom stereocenters. The van der Waals surface area contributed by atoms with Crippen LogP contribution in [0.3, 0.4) is 0 Å². The molecule has 0 saturated carbocycles. The molecular weight excluding hydrogens is 484 g/mol. The number of rotatable bonds is 13. The lowest BCUT2D eigenvalue weighted by Crippen LogP contribution is -2.17. The molecule has 2 N–H and O–H groups in total. The first kappa shape index (κ1) is 30.8. The molecule has 0 spiro atoms. The Morgan fingerprint density at radius 1 is 0.579 bits per heavy atom. The number of nitrogens with zero attached hydrogens (tertiary/aromatic N) is 2. The lowest BCUT2D eigenvalue weighted by atomic mass is 9.77. The predicted octanol–water partition coefficient (Wildman–Crippen LogP) is 6.88. The fraction of sp³-hybridized carbons (Fsp3) is 0.533. The highest BCUT2D eigenvalue weighted by molar-refractivity contribution is 5.35. The van der Waals surface area contributed by atoms with Gasteiger partial charge in [-0.15, -0.1) is 0 Å². The quantitative estimate of drug-likeness (QED) is 0.219. The molecule has 0 heterocycles. The molecule has 206 valence electrons. The van der Waals surface area contributed by atoms with Crippen molar-refractivity contribution in [2.24, 2.45) is 10.8 Å². The van der Waals surface area contributed by atoms with Crippen LogP contribution in [-0.2, 0) is 9.47 Å². The molecule has 2 aromatic rings. The van der Waals surface area contributed by atoms with Crippen LogP contribution in [0.15, 0.2) is 48.5 Å². The van der Waals surface area contributed by atoms with Crippen molar-refractivity contribution >= 4 is 0 Å². The van der Waals surface area contributed by atoms with Gasteiger partial charge in [0.2, 0.25) is 10.0 Å². The zero-order valence-corrected chi connectivity index (χ0v) is 23.4. The van der Waals surface area contributed by atoms with Crippen molar-refractivity contribution in [1.82, 2.24) is 0 Å². The van der Waals surface area contributed by atoms with Crippen LogP contribution < -0.4 is 9.47 Å². The molecule has 0 aromatic heterocycles. The molecule has 38 heavy (non-hydrogen) atoms. The van der Waals surface area contributed by atoms with Crippen LogP contribution in [0.25, 0.3) is 10.0 Å². The van der Waals surface area contributed by atoms with Gasteiger partial charge < -0.3 is 18.9 Å². The fourth-order valence-corrected chi connectivity index (χ4v) is 3.92. The van der Waals surface area contributed by atoms with E-state index in [4.69, 9.17) is 29.4 Å². The largest absolute Gasteiger partial charge is 0.491 e. The van der Waals surface area contributed by atoms with Crippen LogP contribution in [0.4, 0.5) is 0 Å². The van der Waals surface area contributed by atoms with Crippen molar-refractivity contribution in [2.75, 3.05) is 39.6 Å². The zero-order chi connectivity index (χ0) is 28.0. The highest BCUT2D eigenvalue weighted by Crippen LogP contribution is 2.36. The van der Waals surface area contributed by atoms with Crippen LogP contribution in [0, 0.1) is 23.0 Å². The summed E-state index contributed by atoms with van der Waals surface area (Å²) in [5.74, 6) is 1.27. The third-order valence-electron chi connectivity index (χ3n) is 5.90. The average Bonchev–Trinajstić information content (AvgIpc) is 2.86. The molecule has 0 amide bonds. The Balaban J connectivity index is 1.58. The van der Waals surface area contributed by atoms with Gasteiger partial charge in [0, 0.05) is 0 Å². The molecule has 0 saturated heterocycles. The van der Waals surface area contributed by atoms with Gasteiger partial charge in [0.15, 0.2) is 0 Å². The summed E-state index contributed by atoms with van der Waals surface area (Å²) in [5.41, 5.74) is 1.79. The van der Waals surface area contributed by atoms with E-state index >= 15 is 0 Å². The summed E-state index contributed by atoms with van der Waals surface area (Å²) in [5, 5.41) is 24.1. The number of benzene rings is 2. The lowest BCUT2D eigenvalue weighted by Gasteiger charge is -2.22. The molecule has 2 aromatic carbocycles. The van der Waals surface area contributed by atoms with Crippen LogP contribution >= 0.6 is 0 Å². The Hall–Kier alpha value is -3.46. The Morgan fingerprint density at radius 3 is 1.18 bits per heavy atom. The van der Waals surface area contributed by atoms with Crippen molar-refractivity contribution < 1.29 is 29.4 Å². The molecular formula is C30H42N2O6+2. The van der Waals surface area contributed by atoms with Gasteiger partial charge in [0.1, 0.15) is 36.5 Å². The van der Waals surface area contributed by atoms with Gasteiger partial charge in [-0.05, 0) is 46.2 Å². The molecule has 0 aliphatic heterocycles. The molecule has 2 unspecified atom stereocenters. The van der Waals surface area contributed by atoms with Crippen LogP contribution in [0.5, 0.6) is 11.5 Å². The Kier molecular flexibility index (Phi) is 12.2. The maximum atomic E-state index is 8.92. The summed E-state index contributed by atoms with van der Waals surface area (Å²) in [6.07, 6.45) is 0. The first-order valence-corrected chi connectivity index (χ1v) is 12.9. The minimum atomic E-state index is -0.117. The van der Waals surface area contributed by atoms with Gasteiger partial charge in [-0.25, -0.2) is 0 Å². The summed E-state index contributed by atoms with van der Waals surface area (Å²) in [6, 6.07) is 20.9. The summed E-state index contributed by atoms with van der Waals surface area (Å²) >= 11 is 0. The van der Waals surface area contributed by atoms with Gasteiger partial charge in [0.25, 0.3) is 0 Å². The van der Waals surface area contributed by atoms with Crippen molar-refractivity contribution in [3.05, 3.63) is 69.7 Å². The average molecular weight is 527 g/mol. The van der Waals surface area contributed by atoms with Crippen molar-refractivity contribution in [1.29, 1.82) is 0 Å². The molecule has 0 fully saturated rings. The number of hydrogen-bond acceptors (Lipinski definition) is 6. The maximum Gasteiger partial charge on any atom is 0.358 e. The monoisotopic (exact) mass is 526 g/mol. The Morgan fingerprint density at radius 2 is 0.895 bits per heavy atom. The van der Waals surface area contributed by atoms with Gasteiger partial charge in [-0.1, -0.05) is 65.8 Å². The standard InChI is InChI=1S/C30H40N2O6/c1-29(2,3)27(21-31-33)23-7-11-25(12-8-23)37-19-17-35-15-16-36-18-20-38-26-13-9-24(10-14-26)28(22-32-34)30(4,5)6/h7-14,27-28H,15-20H2,1-6H3/p+2. The van der Waals surface area contributed by atoms with Gasteiger partial charge in [0.05, 0.1) is 26.4 Å². The highest BCUT2D eigenvalue weighted by Gasteiger charge is 2.31. The van der Waals surface area contributed by atoms with E-state index in [2.05, 4.69) is 63.7 Å². The Bertz CT molecular complexity index is 992. The summed E-state index contributed by atoms with van der Waals surface area (Å²) in [4.78, 5) is 0. The third kappa shape index (κ3) is 10.5. The maximum absolute atomic E-state index is 8.92. The van der Waals surface area contributed by atoms with Crippen LogP contribution in [0.2, 0.25) is 0 Å². The first-order chi connectivity index (χ1) is 18.1. The first-order valence-electron chi connectivity index (χ1n) is 12.9. The van der Waals surface area contributed by atoms with Crippen molar-refractivity contribution in [2.45, 2.75) is 53.4 Å². The van der Waals surface area contributed by atoms with Gasteiger partial charge >= 0.3 is 12.1 Å². The number of hydrogen-bond donors (Lipinski definition) is 2. The summed E-state index contributed by atoms with van der Waals surface area (Å²) in [7, 11) is 0. The molecule has 8 nitrogen and oxygen atoms in total. The molecule has 0 aliphatic carbocycles. The summed E-state index contributed by atoms with van der Waals surface area (Å²) in [6.45, 7) is 15.2. The van der Waals surface area contributed by atoms with E-state index in [1.165, 1.54) is 0 Å². The van der Waals surface area contributed by atoms with E-state index in [0.29, 0.717) is 39.6 Å². The highest BCUT2D eigenvalue weighted by atomic mass is 16.6. The normalized spacial score (nSPS) is 12.9. The van der Waals surface area contributed by atoms with E-state index in [1.807, 2.05) is 48.5 Å². The second kappa shape index (κ2) is 15.1. The van der Waals surface area contributed by atoms with E-state index in [9.17, 15) is 0 Å². The molecule has 0 bridgehead atoms. The van der Waals surface area contributed by atoms with E-state index in [-0.39, 0.29) is 22.7 Å². The Labute approximate surface area is 226 Å². The van der Waals surface area contributed by atoms with Crippen molar-refractivity contribution in [3.8, 4) is 23.6 Å². The smallest absolute Gasteiger partial charge is 0.358 e. The van der Waals surface area contributed by atoms with Crippen molar-refractivity contribution in [3.63, 3.8) is 0 Å². The SMILES string of the molecule is CC(C)(C)C(C#[N+]O)c1ccc(OCCOCCOCCOc2ccc(C(C#[N+]O)C(C)(C)C)cc2)cc1. The number of ether oxygens (including phenoxy) is 4. The topological polar surface area (TPSA) is 86.1 Å². The van der Waals surface area contributed by atoms with Crippen LogP contribution in [-0.4, -0.2) is 50.1 Å². The second-order valence-electron chi connectivity index (χ2n) is 11.1. The van der Waals surface area contributed by atoms with E-state index < -0.39 is 0 Å². The van der Waals surface area contributed by atoms with Gasteiger partial charge in [-0.3, -0.25) is 0 Å². The zero-order valence-electron chi connectivity index (χ0n) is 23.4. The van der Waals surface area contributed by atoms with Gasteiger partial charge in [-0.2, -0.15) is 10.4 Å². The predicted molar refractivity (Wildman–Crippen MR) is 148 cm³/mol. The summed E-state index contributed by atoms with van der Waals surface area (Å²) < 4.78 is 22.6. The molecule has 8 heteroatoms. The minimum absolute atomic E-state index is 0.117. The lowest BCUT2D eigenvalue weighted by molar-refractivity contribution is 0.0273. The van der Waals surface area contributed by atoms with Crippen LogP contribution in [0.1, 0.15) is 64.5 Å². The van der Waals surface area contributed by atoms with E-state index in [1.54, 1.807) is 0 Å². The molecule has 0 aliphatic rings. The molecule has 2 rings (SSSR count). The fourth-order valence-electron chi connectivity index (χ4n) is 3.92. The second-order valence-corrected chi connectivity index (χ2v) is 11.1. The molecule has 0 radical (unpaired) electrons. The van der Waals surface area contributed by atoms with E-state index in [0.717, 1.165) is 22.6 Å². The minimum Gasteiger partial charge on any atom is -0.491 e.